The predicted octanol–water partition coefficient (Wildman–Crippen LogP) is 5.04. The van der Waals surface area contributed by atoms with Gasteiger partial charge in [-0.25, -0.2) is 9.37 Å². The van der Waals surface area contributed by atoms with E-state index < -0.39 is 0 Å². The molecule has 0 spiro atoms. The molecule has 3 aliphatic carbocycles. The van der Waals surface area contributed by atoms with Gasteiger partial charge in [-0.05, 0) is 73.8 Å². The number of hydrogen-bond acceptors (Lipinski definition) is 3. The summed E-state index contributed by atoms with van der Waals surface area (Å²) in [4.78, 5) is 4.51. The number of rotatable bonds is 3. The Bertz CT molecular complexity index is 751. The lowest BCUT2D eigenvalue weighted by atomic mass is 9.67. The van der Waals surface area contributed by atoms with Crippen molar-refractivity contribution in [2.45, 2.75) is 44.4 Å². The molecule has 3 nitrogen and oxygen atoms in total. The standard InChI is InChI=1S/C19H21FN2O/c1-11-9-14(7-8-15(11)20)22-16-10-21-19(23-2)18-13-5-3-12(4-6-13)17(16)18/h7-10,12-13,22H,3-6H2,1-2H3. The summed E-state index contributed by atoms with van der Waals surface area (Å²) < 4.78 is 19.0. The van der Waals surface area contributed by atoms with E-state index in [-0.39, 0.29) is 5.82 Å². The number of nitrogens with one attached hydrogen (secondary N) is 1. The van der Waals surface area contributed by atoms with Crippen molar-refractivity contribution in [2.75, 3.05) is 12.4 Å². The minimum absolute atomic E-state index is 0.176. The number of anilines is 2. The van der Waals surface area contributed by atoms with Crippen LogP contribution in [0.2, 0.25) is 0 Å². The molecule has 4 heteroatoms. The Labute approximate surface area is 135 Å². The van der Waals surface area contributed by atoms with Gasteiger partial charge in [-0.1, -0.05) is 0 Å². The Balaban J connectivity index is 1.78. The summed E-state index contributed by atoms with van der Waals surface area (Å²) in [5, 5.41) is 3.45. The molecule has 3 aliphatic rings. The molecule has 23 heavy (non-hydrogen) atoms. The molecule has 1 fully saturated rings. The smallest absolute Gasteiger partial charge is 0.216 e. The second-order valence-corrected chi connectivity index (χ2v) is 6.65. The molecule has 1 aromatic carbocycles. The van der Waals surface area contributed by atoms with Crippen molar-refractivity contribution >= 4 is 11.4 Å². The maximum Gasteiger partial charge on any atom is 0.216 e. The molecule has 1 heterocycles. The molecule has 120 valence electrons. The van der Waals surface area contributed by atoms with Crippen molar-refractivity contribution in [3.8, 4) is 5.88 Å². The van der Waals surface area contributed by atoms with E-state index in [4.69, 9.17) is 4.74 Å². The molecule has 0 aliphatic heterocycles. The Hall–Kier alpha value is -2.10. The fourth-order valence-corrected chi connectivity index (χ4v) is 4.17. The summed E-state index contributed by atoms with van der Waals surface area (Å²) in [6.07, 6.45) is 6.80. The highest BCUT2D eigenvalue weighted by atomic mass is 19.1. The summed E-state index contributed by atoms with van der Waals surface area (Å²) in [7, 11) is 1.70. The summed E-state index contributed by atoms with van der Waals surface area (Å²) in [6.45, 7) is 1.78. The third kappa shape index (κ3) is 2.37. The molecule has 2 bridgehead atoms. The largest absolute Gasteiger partial charge is 0.481 e. The fourth-order valence-electron chi connectivity index (χ4n) is 4.17. The highest BCUT2D eigenvalue weighted by molar-refractivity contribution is 5.68. The van der Waals surface area contributed by atoms with Gasteiger partial charge < -0.3 is 10.1 Å². The van der Waals surface area contributed by atoms with Crippen LogP contribution in [0.25, 0.3) is 0 Å². The zero-order valence-electron chi connectivity index (χ0n) is 13.5. The van der Waals surface area contributed by atoms with E-state index in [0.29, 0.717) is 17.4 Å². The van der Waals surface area contributed by atoms with Gasteiger partial charge in [-0.2, -0.15) is 0 Å². The molecule has 1 aromatic heterocycles. The van der Waals surface area contributed by atoms with Crippen LogP contribution >= 0.6 is 0 Å². The summed E-state index contributed by atoms with van der Waals surface area (Å²) in [6, 6.07) is 5.13. The van der Waals surface area contributed by atoms with Crippen LogP contribution in [-0.2, 0) is 0 Å². The number of hydrogen-bond donors (Lipinski definition) is 1. The number of halogens is 1. The lowest BCUT2D eigenvalue weighted by Gasteiger charge is -2.39. The Morgan fingerprint density at radius 2 is 1.83 bits per heavy atom. The Morgan fingerprint density at radius 3 is 2.48 bits per heavy atom. The zero-order valence-corrected chi connectivity index (χ0v) is 13.5. The monoisotopic (exact) mass is 312 g/mol. The summed E-state index contributed by atoms with van der Waals surface area (Å²) in [5.74, 6) is 1.74. The van der Waals surface area contributed by atoms with Crippen molar-refractivity contribution in [3.05, 3.63) is 46.9 Å². The maximum absolute atomic E-state index is 13.5. The zero-order chi connectivity index (χ0) is 16.0. The molecule has 0 atom stereocenters. The second-order valence-electron chi connectivity index (χ2n) is 6.65. The number of nitrogens with zero attached hydrogens (tertiary/aromatic N) is 1. The minimum atomic E-state index is -0.176. The van der Waals surface area contributed by atoms with Crippen LogP contribution in [0, 0.1) is 12.7 Å². The number of aromatic nitrogens is 1. The third-order valence-electron chi connectivity index (χ3n) is 5.30. The van der Waals surface area contributed by atoms with Crippen molar-refractivity contribution in [3.63, 3.8) is 0 Å². The van der Waals surface area contributed by atoms with Crippen LogP contribution in [0.1, 0.15) is 54.2 Å². The van der Waals surface area contributed by atoms with E-state index in [2.05, 4.69) is 10.3 Å². The van der Waals surface area contributed by atoms with Crippen LogP contribution < -0.4 is 10.1 Å². The first-order valence-corrected chi connectivity index (χ1v) is 8.27. The normalized spacial score (nSPS) is 21.9. The molecule has 1 saturated carbocycles. The molecule has 0 radical (unpaired) electrons. The quantitative estimate of drug-likeness (QED) is 0.862. The number of fused-ring (bicyclic) bond motifs is 2. The van der Waals surface area contributed by atoms with Gasteiger partial charge in [-0.15, -0.1) is 0 Å². The van der Waals surface area contributed by atoms with E-state index in [1.165, 1.54) is 42.9 Å². The molecular formula is C19H21FN2O. The SMILES string of the molecule is COc1ncc(Nc2ccc(F)c(C)c2)c2c1C1CCC2CC1. The first kappa shape index (κ1) is 14.5. The number of benzene rings is 1. The van der Waals surface area contributed by atoms with Gasteiger partial charge in [0.2, 0.25) is 5.88 Å². The number of ether oxygens (including phenoxy) is 1. The molecule has 1 N–H and O–H groups in total. The highest BCUT2D eigenvalue weighted by Crippen LogP contribution is 2.54. The van der Waals surface area contributed by atoms with Crippen molar-refractivity contribution in [2.24, 2.45) is 0 Å². The molecule has 2 aromatic rings. The van der Waals surface area contributed by atoms with Crippen molar-refractivity contribution in [1.82, 2.24) is 4.98 Å². The topological polar surface area (TPSA) is 34.1 Å². The van der Waals surface area contributed by atoms with Crippen LogP contribution in [0.3, 0.4) is 0 Å². The van der Waals surface area contributed by atoms with E-state index in [1.807, 2.05) is 12.3 Å². The number of pyridine rings is 1. The van der Waals surface area contributed by atoms with Crippen molar-refractivity contribution in [1.29, 1.82) is 0 Å². The van der Waals surface area contributed by atoms with Gasteiger partial charge >= 0.3 is 0 Å². The number of methoxy groups -OCH3 is 1. The molecule has 0 saturated heterocycles. The van der Waals surface area contributed by atoms with Gasteiger partial charge in [0.1, 0.15) is 5.82 Å². The van der Waals surface area contributed by atoms with Gasteiger partial charge in [0, 0.05) is 11.3 Å². The predicted molar refractivity (Wildman–Crippen MR) is 89.2 cm³/mol. The maximum atomic E-state index is 13.5. The van der Waals surface area contributed by atoms with Crippen LogP contribution in [-0.4, -0.2) is 12.1 Å². The summed E-state index contributed by atoms with van der Waals surface area (Å²) >= 11 is 0. The van der Waals surface area contributed by atoms with Gasteiger partial charge in [0.05, 0.1) is 19.0 Å². The van der Waals surface area contributed by atoms with Crippen molar-refractivity contribution < 1.29 is 9.13 Å². The molecule has 0 amide bonds. The highest BCUT2D eigenvalue weighted by Gasteiger charge is 2.37. The van der Waals surface area contributed by atoms with Crippen LogP contribution in [0.5, 0.6) is 5.88 Å². The van der Waals surface area contributed by atoms with Crippen LogP contribution in [0.4, 0.5) is 15.8 Å². The summed E-state index contributed by atoms with van der Waals surface area (Å²) in [5.41, 5.74) is 5.24. The van der Waals surface area contributed by atoms with Crippen LogP contribution in [0.15, 0.2) is 24.4 Å². The van der Waals surface area contributed by atoms with Gasteiger partial charge in [0.15, 0.2) is 0 Å². The van der Waals surface area contributed by atoms with E-state index in [1.54, 1.807) is 20.1 Å². The van der Waals surface area contributed by atoms with Gasteiger partial charge in [0.25, 0.3) is 0 Å². The fraction of sp³-hybridized carbons (Fsp3) is 0.421. The first-order chi connectivity index (χ1) is 11.2. The third-order valence-corrected chi connectivity index (χ3v) is 5.30. The lowest BCUT2D eigenvalue weighted by Crippen LogP contribution is -2.24. The van der Waals surface area contributed by atoms with E-state index in [0.717, 1.165) is 17.3 Å². The average molecular weight is 312 g/mol. The second kappa shape index (κ2) is 5.52. The minimum Gasteiger partial charge on any atom is -0.481 e. The molecule has 5 rings (SSSR count). The first-order valence-electron chi connectivity index (χ1n) is 8.27. The lowest BCUT2D eigenvalue weighted by molar-refractivity contribution is 0.329. The van der Waals surface area contributed by atoms with Gasteiger partial charge in [-0.3, -0.25) is 0 Å². The molecular weight excluding hydrogens is 291 g/mol. The van der Waals surface area contributed by atoms with E-state index >= 15 is 0 Å². The Morgan fingerprint density at radius 1 is 1.13 bits per heavy atom. The average Bonchev–Trinajstić information content (AvgIpc) is 2.59. The molecule has 0 unspecified atom stereocenters. The number of aryl methyl sites for hydroxylation is 1. The Kier molecular flexibility index (Phi) is 3.47. The van der Waals surface area contributed by atoms with E-state index in [9.17, 15) is 4.39 Å².